The molecule has 10 heteroatoms. The lowest BCUT2D eigenvalue weighted by molar-refractivity contribution is -0.120. The number of ether oxygens (including phenoxy) is 1. The van der Waals surface area contributed by atoms with Gasteiger partial charge in [-0.1, -0.05) is 6.07 Å². The van der Waals surface area contributed by atoms with Crippen LogP contribution in [0, 0.1) is 0 Å². The van der Waals surface area contributed by atoms with E-state index >= 15 is 0 Å². The van der Waals surface area contributed by atoms with Crippen molar-refractivity contribution in [3.63, 3.8) is 0 Å². The van der Waals surface area contributed by atoms with E-state index in [9.17, 15) is 14.4 Å². The Morgan fingerprint density at radius 1 is 1.09 bits per heavy atom. The second-order valence-electron chi connectivity index (χ2n) is 8.18. The molecule has 2 N–H and O–H groups in total. The van der Waals surface area contributed by atoms with Crippen molar-refractivity contribution in [2.75, 3.05) is 25.5 Å². The minimum atomic E-state index is -0.320. The van der Waals surface area contributed by atoms with Gasteiger partial charge in [-0.3, -0.25) is 19.4 Å². The van der Waals surface area contributed by atoms with Crippen molar-refractivity contribution in [3.05, 3.63) is 71.0 Å². The highest BCUT2D eigenvalue weighted by Gasteiger charge is 2.34. The first-order chi connectivity index (χ1) is 17.0. The van der Waals surface area contributed by atoms with Gasteiger partial charge in [0.2, 0.25) is 11.8 Å². The number of anilines is 1. The van der Waals surface area contributed by atoms with E-state index in [1.54, 1.807) is 47.9 Å². The lowest BCUT2D eigenvalue weighted by atomic mass is 10.2. The summed E-state index contributed by atoms with van der Waals surface area (Å²) in [5, 5.41) is 7.76. The van der Waals surface area contributed by atoms with Crippen LogP contribution in [0.25, 0.3) is 0 Å². The van der Waals surface area contributed by atoms with E-state index in [1.807, 2.05) is 18.2 Å². The lowest BCUT2D eigenvalue weighted by Crippen LogP contribution is -2.39. The Bertz CT molecular complexity index is 1160. The molecule has 1 saturated carbocycles. The van der Waals surface area contributed by atoms with E-state index in [4.69, 9.17) is 4.74 Å². The first-order valence-electron chi connectivity index (χ1n) is 11.4. The van der Waals surface area contributed by atoms with Crippen molar-refractivity contribution in [1.29, 1.82) is 0 Å². The predicted octanol–water partition coefficient (Wildman–Crippen LogP) is 2.69. The molecule has 0 saturated heterocycles. The number of hydrogen-bond acceptors (Lipinski definition) is 7. The molecular weight excluding hydrogens is 466 g/mol. The summed E-state index contributed by atoms with van der Waals surface area (Å²) >= 11 is 1.25. The maximum Gasteiger partial charge on any atom is 0.254 e. The SMILES string of the molecule is COc1ccc(C(=O)N(CC(=O)Nc2nc(CC(=O)NCCc3ccccn3)cs2)C2CC2)cc1. The van der Waals surface area contributed by atoms with Crippen LogP contribution in [0.4, 0.5) is 5.13 Å². The largest absolute Gasteiger partial charge is 0.497 e. The number of nitrogens with zero attached hydrogens (tertiary/aromatic N) is 3. The van der Waals surface area contributed by atoms with Gasteiger partial charge < -0.3 is 20.3 Å². The summed E-state index contributed by atoms with van der Waals surface area (Å²) in [6.07, 6.45) is 4.26. The highest BCUT2D eigenvalue weighted by atomic mass is 32.1. The Kier molecular flexibility index (Phi) is 8.04. The average Bonchev–Trinajstić information content (AvgIpc) is 3.63. The smallest absolute Gasteiger partial charge is 0.254 e. The Hall–Kier alpha value is -3.79. The van der Waals surface area contributed by atoms with Gasteiger partial charge in [-0.25, -0.2) is 4.98 Å². The minimum Gasteiger partial charge on any atom is -0.497 e. The van der Waals surface area contributed by atoms with Crippen LogP contribution >= 0.6 is 11.3 Å². The van der Waals surface area contributed by atoms with Gasteiger partial charge in [0, 0.05) is 41.8 Å². The van der Waals surface area contributed by atoms with Crippen molar-refractivity contribution in [3.8, 4) is 5.75 Å². The Morgan fingerprint density at radius 3 is 2.57 bits per heavy atom. The zero-order chi connectivity index (χ0) is 24.6. The molecule has 4 rings (SSSR count). The summed E-state index contributed by atoms with van der Waals surface area (Å²) in [4.78, 5) is 48.0. The number of benzene rings is 1. The number of carbonyl (C=O) groups is 3. The first-order valence-corrected chi connectivity index (χ1v) is 12.3. The number of carbonyl (C=O) groups excluding carboxylic acids is 3. The number of aromatic nitrogens is 2. The van der Waals surface area contributed by atoms with E-state index < -0.39 is 0 Å². The molecule has 1 aliphatic rings. The molecule has 35 heavy (non-hydrogen) atoms. The van der Waals surface area contributed by atoms with Crippen molar-refractivity contribution < 1.29 is 19.1 Å². The molecule has 0 bridgehead atoms. The molecule has 182 valence electrons. The normalized spacial score (nSPS) is 12.6. The number of hydrogen-bond donors (Lipinski definition) is 2. The molecule has 2 heterocycles. The second-order valence-corrected chi connectivity index (χ2v) is 9.04. The van der Waals surface area contributed by atoms with E-state index in [0.717, 1.165) is 18.5 Å². The fourth-order valence-corrected chi connectivity index (χ4v) is 4.24. The van der Waals surface area contributed by atoms with Gasteiger partial charge in [0.1, 0.15) is 12.3 Å². The molecule has 9 nitrogen and oxygen atoms in total. The third-order valence-electron chi connectivity index (χ3n) is 5.47. The van der Waals surface area contributed by atoms with Gasteiger partial charge in [0.25, 0.3) is 5.91 Å². The molecule has 1 aromatic carbocycles. The zero-order valence-corrected chi connectivity index (χ0v) is 20.2. The number of nitrogens with one attached hydrogen (secondary N) is 2. The molecule has 0 aliphatic heterocycles. The molecule has 1 aliphatic carbocycles. The molecule has 0 atom stereocenters. The molecule has 2 aromatic heterocycles. The summed E-state index contributed by atoms with van der Waals surface area (Å²) in [5.41, 5.74) is 2.00. The van der Waals surface area contributed by atoms with E-state index in [1.165, 1.54) is 11.3 Å². The van der Waals surface area contributed by atoms with Crippen molar-refractivity contribution in [2.24, 2.45) is 0 Å². The maximum absolute atomic E-state index is 13.0. The lowest BCUT2D eigenvalue weighted by Gasteiger charge is -2.21. The van der Waals surface area contributed by atoms with Crippen molar-refractivity contribution in [2.45, 2.75) is 31.7 Å². The van der Waals surface area contributed by atoms with Crippen molar-refractivity contribution >= 4 is 34.2 Å². The van der Waals surface area contributed by atoms with Crippen LogP contribution in [0.15, 0.2) is 54.0 Å². The average molecular weight is 494 g/mol. The molecule has 1 fully saturated rings. The van der Waals surface area contributed by atoms with Crippen LogP contribution in [0.3, 0.4) is 0 Å². The highest BCUT2D eigenvalue weighted by molar-refractivity contribution is 7.13. The topological polar surface area (TPSA) is 114 Å². The van der Waals surface area contributed by atoms with Crippen LogP contribution in [0.2, 0.25) is 0 Å². The van der Waals surface area contributed by atoms with E-state index in [2.05, 4.69) is 20.6 Å². The monoisotopic (exact) mass is 493 g/mol. The summed E-state index contributed by atoms with van der Waals surface area (Å²) < 4.78 is 5.14. The molecular formula is C25H27N5O4S. The fraction of sp³-hybridized carbons (Fsp3) is 0.320. The van der Waals surface area contributed by atoms with E-state index in [-0.39, 0.29) is 36.7 Å². The van der Waals surface area contributed by atoms with Gasteiger partial charge >= 0.3 is 0 Å². The van der Waals surface area contributed by atoms with Crippen molar-refractivity contribution in [1.82, 2.24) is 20.2 Å². The number of amides is 3. The van der Waals surface area contributed by atoms with E-state index in [0.29, 0.717) is 35.1 Å². The summed E-state index contributed by atoms with van der Waals surface area (Å²) in [5.74, 6) is 0.0137. The van der Waals surface area contributed by atoms with Gasteiger partial charge in [-0.2, -0.15) is 0 Å². The van der Waals surface area contributed by atoms with Gasteiger partial charge in [-0.05, 0) is 49.2 Å². The zero-order valence-electron chi connectivity index (χ0n) is 19.4. The summed E-state index contributed by atoms with van der Waals surface area (Å²) in [6.45, 7) is 0.432. The Balaban J connectivity index is 1.25. The molecule has 0 spiro atoms. The highest BCUT2D eigenvalue weighted by Crippen LogP contribution is 2.28. The van der Waals surface area contributed by atoms with Gasteiger partial charge in [0.05, 0.1) is 19.2 Å². The molecule has 0 radical (unpaired) electrons. The number of rotatable bonds is 11. The third kappa shape index (κ3) is 7.10. The van der Waals surface area contributed by atoms with Crippen LogP contribution in [0.5, 0.6) is 5.75 Å². The fourth-order valence-electron chi connectivity index (χ4n) is 3.51. The Morgan fingerprint density at radius 2 is 1.89 bits per heavy atom. The minimum absolute atomic E-state index is 0.0571. The van der Waals surface area contributed by atoms with Crippen LogP contribution in [0.1, 0.15) is 34.6 Å². The molecule has 3 aromatic rings. The van der Waals surface area contributed by atoms with Crippen LogP contribution < -0.4 is 15.4 Å². The number of methoxy groups -OCH3 is 1. The molecule has 0 unspecified atom stereocenters. The first kappa shape index (κ1) is 24.3. The molecule has 3 amide bonds. The van der Waals surface area contributed by atoms with Crippen LogP contribution in [-0.2, 0) is 22.4 Å². The summed E-state index contributed by atoms with van der Waals surface area (Å²) in [7, 11) is 1.57. The summed E-state index contributed by atoms with van der Waals surface area (Å²) in [6, 6.07) is 12.6. The quantitative estimate of drug-likeness (QED) is 0.425. The number of pyridine rings is 1. The van der Waals surface area contributed by atoms with Gasteiger partial charge in [-0.15, -0.1) is 11.3 Å². The second kappa shape index (κ2) is 11.6. The third-order valence-corrected chi connectivity index (χ3v) is 6.28. The van der Waals surface area contributed by atoms with Gasteiger partial charge in [0.15, 0.2) is 5.13 Å². The maximum atomic E-state index is 13.0. The predicted molar refractivity (Wildman–Crippen MR) is 132 cm³/mol. The number of thiazole rings is 1. The Labute approximate surface area is 207 Å². The van der Waals surface area contributed by atoms with Crippen LogP contribution in [-0.4, -0.2) is 58.8 Å². The standard InChI is InChI=1S/C25H27N5O4S/c1-34-21-9-5-17(6-10-21)24(33)30(20-7-8-20)15-23(32)29-25-28-19(16-35-25)14-22(31)27-13-11-18-4-2-3-12-26-18/h2-6,9-10,12,16,20H,7-8,11,13-15H2,1H3,(H,27,31)(H,28,29,32).